The van der Waals surface area contributed by atoms with Gasteiger partial charge in [-0.1, -0.05) is 12.2 Å². The highest BCUT2D eigenvalue weighted by molar-refractivity contribution is 5.81. The van der Waals surface area contributed by atoms with Crippen molar-refractivity contribution in [3.05, 3.63) is 23.9 Å². The molecule has 2 unspecified atom stereocenters. The normalized spacial score (nSPS) is 32.2. The maximum Gasteiger partial charge on any atom is 0.237 e. The number of nitrogens with one attached hydrogen (secondary N) is 2. The first-order valence-corrected chi connectivity index (χ1v) is 3.96. The summed E-state index contributed by atoms with van der Waals surface area (Å²) in [6.07, 6.45) is 6.85. The fourth-order valence-electron chi connectivity index (χ4n) is 1.63. The summed E-state index contributed by atoms with van der Waals surface area (Å²) in [6.45, 7) is 0. The molecule has 1 saturated heterocycles. The van der Waals surface area contributed by atoms with Gasteiger partial charge in [-0.15, -0.1) is 0 Å². The van der Waals surface area contributed by atoms with E-state index in [2.05, 4.69) is 10.9 Å². The lowest BCUT2D eigenvalue weighted by Gasteiger charge is -2.14. The van der Waals surface area contributed by atoms with E-state index in [9.17, 15) is 4.79 Å². The molecule has 1 fully saturated rings. The smallest absolute Gasteiger partial charge is 0.237 e. The number of nitrogens with two attached hydrogens (primary N) is 1. The van der Waals surface area contributed by atoms with Gasteiger partial charge in [0.15, 0.2) is 0 Å². The number of hydrogen-bond acceptors (Lipinski definition) is 3. The van der Waals surface area contributed by atoms with Crippen LogP contribution in [0.3, 0.4) is 0 Å². The van der Waals surface area contributed by atoms with Gasteiger partial charge in [0.1, 0.15) is 6.04 Å². The van der Waals surface area contributed by atoms with E-state index >= 15 is 0 Å². The molecule has 1 aliphatic heterocycles. The standard InChI is InChI=1S/C8H11N3O/c9-8(12)7-5-3-1-2-4-6(5)10-11-7/h1-2,4-5,7,10-11H,3H2,(H2,9,12). The van der Waals surface area contributed by atoms with E-state index in [0.29, 0.717) is 0 Å². The van der Waals surface area contributed by atoms with Crippen LogP contribution in [0.1, 0.15) is 6.42 Å². The summed E-state index contributed by atoms with van der Waals surface area (Å²) in [5, 5.41) is 0. The summed E-state index contributed by atoms with van der Waals surface area (Å²) in [5.41, 5.74) is 12.1. The quantitative estimate of drug-likeness (QED) is 0.486. The SMILES string of the molecule is NC(=O)C1NNC2=CC=CCC21. The minimum Gasteiger partial charge on any atom is -0.368 e. The minimum absolute atomic E-state index is 0.201. The van der Waals surface area contributed by atoms with Crippen molar-refractivity contribution in [1.29, 1.82) is 0 Å². The van der Waals surface area contributed by atoms with Crippen LogP contribution in [0.2, 0.25) is 0 Å². The molecule has 0 aromatic carbocycles. The minimum atomic E-state index is -0.300. The van der Waals surface area contributed by atoms with Crippen molar-refractivity contribution in [3.63, 3.8) is 0 Å². The molecule has 0 spiro atoms. The van der Waals surface area contributed by atoms with Gasteiger partial charge in [0.25, 0.3) is 0 Å². The fraction of sp³-hybridized carbons (Fsp3) is 0.375. The second-order valence-corrected chi connectivity index (χ2v) is 3.04. The first-order valence-electron chi connectivity index (χ1n) is 3.96. The Balaban J connectivity index is 2.20. The van der Waals surface area contributed by atoms with E-state index in [1.54, 1.807) is 0 Å². The zero-order valence-electron chi connectivity index (χ0n) is 6.58. The van der Waals surface area contributed by atoms with Gasteiger partial charge in [-0.3, -0.25) is 4.79 Å². The second kappa shape index (κ2) is 2.64. The molecule has 64 valence electrons. The predicted molar refractivity (Wildman–Crippen MR) is 44.6 cm³/mol. The lowest BCUT2D eigenvalue weighted by Crippen LogP contribution is -2.42. The fourth-order valence-corrected chi connectivity index (χ4v) is 1.63. The third kappa shape index (κ3) is 1.00. The molecule has 2 rings (SSSR count). The van der Waals surface area contributed by atoms with E-state index in [4.69, 9.17) is 5.73 Å². The summed E-state index contributed by atoms with van der Waals surface area (Å²) >= 11 is 0. The Morgan fingerprint density at radius 2 is 2.50 bits per heavy atom. The monoisotopic (exact) mass is 165 g/mol. The van der Waals surface area contributed by atoms with Crippen LogP contribution in [0.4, 0.5) is 0 Å². The maximum absolute atomic E-state index is 10.9. The molecule has 4 nitrogen and oxygen atoms in total. The molecular formula is C8H11N3O. The van der Waals surface area contributed by atoms with E-state index < -0.39 is 0 Å². The second-order valence-electron chi connectivity index (χ2n) is 3.04. The van der Waals surface area contributed by atoms with Gasteiger partial charge >= 0.3 is 0 Å². The molecule has 1 amide bonds. The Labute approximate surface area is 70.5 Å². The van der Waals surface area contributed by atoms with Crippen LogP contribution in [-0.2, 0) is 4.79 Å². The van der Waals surface area contributed by atoms with Crippen LogP contribution in [-0.4, -0.2) is 11.9 Å². The third-order valence-corrected chi connectivity index (χ3v) is 2.28. The molecule has 2 aliphatic rings. The van der Waals surface area contributed by atoms with Crippen LogP contribution in [0.15, 0.2) is 23.9 Å². The third-order valence-electron chi connectivity index (χ3n) is 2.28. The van der Waals surface area contributed by atoms with E-state index in [1.165, 1.54) is 0 Å². The van der Waals surface area contributed by atoms with Crippen molar-refractivity contribution in [3.8, 4) is 0 Å². The Hall–Kier alpha value is -1.29. The molecule has 0 bridgehead atoms. The average molecular weight is 165 g/mol. The van der Waals surface area contributed by atoms with E-state index in [0.717, 1.165) is 12.1 Å². The van der Waals surface area contributed by atoms with Crippen molar-refractivity contribution in [1.82, 2.24) is 10.9 Å². The van der Waals surface area contributed by atoms with Gasteiger partial charge < -0.3 is 11.2 Å². The number of allylic oxidation sites excluding steroid dienone is 3. The first-order chi connectivity index (χ1) is 5.79. The maximum atomic E-state index is 10.9. The number of rotatable bonds is 1. The Morgan fingerprint density at radius 3 is 3.25 bits per heavy atom. The first kappa shape index (κ1) is 7.36. The molecule has 0 aromatic rings. The molecule has 2 atom stereocenters. The van der Waals surface area contributed by atoms with Crippen molar-refractivity contribution in [2.75, 3.05) is 0 Å². The van der Waals surface area contributed by atoms with Gasteiger partial charge in [-0.05, 0) is 12.5 Å². The van der Waals surface area contributed by atoms with Gasteiger partial charge in [0.2, 0.25) is 5.91 Å². The molecule has 4 heteroatoms. The van der Waals surface area contributed by atoms with Crippen molar-refractivity contribution in [2.45, 2.75) is 12.5 Å². The topological polar surface area (TPSA) is 67.2 Å². The largest absolute Gasteiger partial charge is 0.368 e. The molecule has 1 heterocycles. The lowest BCUT2D eigenvalue weighted by molar-refractivity contribution is -0.120. The van der Waals surface area contributed by atoms with Crippen LogP contribution in [0, 0.1) is 5.92 Å². The zero-order valence-corrected chi connectivity index (χ0v) is 6.58. The number of fused-ring (bicyclic) bond motifs is 1. The average Bonchev–Trinajstić information content (AvgIpc) is 2.47. The van der Waals surface area contributed by atoms with Gasteiger partial charge in [0, 0.05) is 11.6 Å². The number of carbonyl (C=O) groups excluding carboxylic acids is 1. The molecule has 0 aromatic heterocycles. The van der Waals surface area contributed by atoms with Gasteiger partial charge in [0.05, 0.1) is 0 Å². The van der Waals surface area contributed by atoms with Crippen LogP contribution >= 0.6 is 0 Å². The zero-order chi connectivity index (χ0) is 8.55. The van der Waals surface area contributed by atoms with Gasteiger partial charge in [-0.25, -0.2) is 5.43 Å². The molecule has 1 aliphatic carbocycles. The van der Waals surface area contributed by atoms with Crippen molar-refractivity contribution >= 4 is 5.91 Å². The summed E-state index contributed by atoms with van der Waals surface area (Å²) < 4.78 is 0. The van der Waals surface area contributed by atoms with Gasteiger partial charge in [-0.2, -0.15) is 0 Å². The number of amides is 1. The number of hydrogen-bond donors (Lipinski definition) is 3. The molecule has 12 heavy (non-hydrogen) atoms. The molecular weight excluding hydrogens is 154 g/mol. The summed E-state index contributed by atoms with van der Waals surface area (Å²) in [4.78, 5) is 10.9. The van der Waals surface area contributed by atoms with E-state index in [-0.39, 0.29) is 17.9 Å². The lowest BCUT2D eigenvalue weighted by atomic mass is 9.91. The highest BCUT2D eigenvalue weighted by Crippen LogP contribution is 2.25. The van der Waals surface area contributed by atoms with Crippen LogP contribution in [0.25, 0.3) is 0 Å². The summed E-state index contributed by atoms with van der Waals surface area (Å²) in [5.74, 6) is -0.0984. The highest BCUT2D eigenvalue weighted by atomic mass is 16.1. The van der Waals surface area contributed by atoms with E-state index in [1.807, 2.05) is 18.2 Å². The predicted octanol–water partition coefficient (Wildman–Crippen LogP) is -0.592. The number of carbonyl (C=O) groups is 1. The van der Waals surface area contributed by atoms with Crippen molar-refractivity contribution < 1.29 is 4.79 Å². The molecule has 0 saturated carbocycles. The number of hydrazine groups is 1. The molecule has 0 radical (unpaired) electrons. The van der Waals surface area contributed by atoms with Crippen LogP contribution in [0.5, 0.6) is 0 Å². The van der Waals surface area contributed by atoms with Crippen LogP contribution < -0.4 is 16.6 Å². The number of primary amides is 1. The Kier molecular flexibility index (Phi) is 1.62. The van der Waals surface area contributed by atoms with Crippen molar-refractivity contribution in [2.24, 2.45) is 11.7 Å². The summed E-state index contributed by atoms with van der Waals surface area (Å²) in [6, 6.07) is -0.263. The molecule has 4 N–H and O–H groups in total. The Bertz CT molecular complexity index is 269. The Morgan fingerprint density at radius 1 is 1.67 bits per heavy atom. The summed E-state index contributed by atoms with van der Waals surface area (Å²) in [7, 11) is 0. The highest BCUT2D eigenvalue weighted by Gasteiger charge is 2.34.